The van der Waals surface area contributed by atoms with Crippen molar-refractivity contribution in [3.05, 3.63) is 71.0 Å². The number of amides is 1. The quantitative estimate of drug-likeness (QED) is 0.520. The van der Waals surface area contributed by atoms with Gasteiger partial charge < -0.3 is 5.32 Å². The van der Waals surface area contributed by atoms with Gasteiger partial charge in [0.25, 0.3) is 0 Å². The first-order valence-corrected chi connectivity index (χ1v) is 9.58. The minimum absolute atomic E-state index is 0.0293. The van der Waals surface area contributed by atoms with Crippen LogP contribution in [-0.2, 0) is 11.2 Å². The van der Waals surface area contributed by atoms with Gasteiger partial charge in [0.1, 0.15) is 0 Å². The fourth-order valence-electron chi connectivity index (χ4n) is 3.62. The second-order valence-corrected chi connectivity index (χ2v) is 7.20. The summed E-state index contributed by atoms with van der Waals surface area (Å²) in [5.74, 6) is -0.131. The van der Waals surface area contributed by atoms with E-state index in [-0.39, 0.29) is 11.7 Å². The Bertz CT molecular complexity index is 1260. The molecule has 2 heterocycles. The van der Waals surface area contributed by atoms with Crippen molar-refractivity contribution in [2.24, 2.45) is 0 Å². The van der Waals surface area contributed by atoms with Crippen molar-refractivity contribution in [2.75, 3.05) is 5.32 Å². The zero-order valence-corrected chi connectivity index (χ0v) is 16.7. The average Bonchev–Trinajstić information content (AvgIpc) is 3.07. The molecule has 6 heteroatoms. The predicted octanol–water partition coefficient (Wildman–Crippen LogP) is 4.27. The molecule has 2 aromatic heterocycles. The second-order valence-electron chi connectivity index (χ2n) is 7.20. The van der Waals surface area contributed by atoms with E-state index in [1.165, 1.54) is 6.92 Å². The Hall–Kier alpha value is -3.54. The number of fused-ring (bicyclic) bond motifs is 3. The van der Waals surface area contributed by atoms with E-state index < -0.39 is 0 Å². The Morgan fingerprint density at radius 3 is 2.66 bits per heavy atom. The number of aromatic nitrogens is 3. The standard InChI is InChI=1S/C23H22N4O2/c1-14-19(11-12-22(29)25-18-8-6-7-17(13-18)16(3)28)15(2)27-23(24-14)20-9-4-5-10-21(20)26-27/h4-10,13H,11-12H2,1-3H3,(H,25,29). The molecule has 1 amide bonds. The van der Waals surface area contributed by atoms with Crippen LogP contribution in [0.5, 0.6) is 0 Å². The second kappa shape index (κ2) is 7.47. The first kappa shape index (κ1) is 18.8. The van der Waals surface area contributed by atoms with Crippen LogP contribution in [0, 0.1) is 13.8 Å². The molecule has 4 rings (SSSR count). The monoisotopic (exact) mass is 386 g/mol. The lowest BCUT2D eigenvalue weighted by atomic mass is 10.1. The van der Waals surface area contributed by atoms with E-state index >= 15 is 0 Å². The van der Waals surface area contributed by atoms with Crippen molar-refractivity contribution in [3.63, 3.8) is 0 Å². The number of carbonyl (C=O) groups excluding carboxylic acids is 2. The minimum Gasteiger partial charge on any atom is -0.326 e. The van der Waals surface area contributed by atoms with Crippen LogP contribution < -0.4 is 5.32 Å². The van der Waals surface area contributed by atoms with Crippen LogP contribution in [0.1, 0.15) is 40.7 Å². The summed E-state index contributed by atoms with van der Waals surface area (Å²) in [5.41, 5.74) is 5.88. The van der Waals surface area contributed by atoms with Crippen LogP contribution in [0.3, 0.4) is 0 Å². The number of carbonyl (C=O) groups is 2. The zero-order chi connectivity index (χ0) is 20.5. The van der Waals surface area contributed by atoms with Crippen molar-refractivity contribution in [1.82, 2.24) is 14.6 Å². The third-order valence-corrected chi connectivity index (χ3v) is 5.17. The van der Waals surface area contributed by atoms with Gasteiger partial charge in [-0.3, -0.25) is 9.59 Å². The van der Waals surface area contributed by atoms with E-state index in [1.807, 2.05) is 42.6 Å². The van der Waals surface area contributed by atoms with Crippen LogP contribution in [0.25, 0.3) is 16.6 Å². The molecule has 0 aliphatic heterocycles. The van der Waals surface area contributed by atoms with Crippen LogP contribution in [0.2, 0.25) is 0 Å². The number of nitrogens with one attached hydrogen (secondary N) is 1. The normalized spacial score (nSPS) is 11.1. The fourth-order valence-corrected chi connectivity index (χ4v) is 3.62. The number of anilines is 1. The first-order chi connectivity index (χ1) is 13.9. The maximum atomic E-state index is 12.5. The van der Waals surface area contributed by atoms with Gasteiger partial charge in [0.05, 0.1) is 5.52 Å². The number of Topliss-reactive ketones (excluding diaryl/α,β-unsaturated/α-hetero) is 1. The molecule has 2 aromatic carbocycles. The predicted molar refractivity (Wildman–Crippen MR) is 113 cm³/mol. The summed E-state index contributed by atoms with van der Waals surface area (Å²) < 4.78 is 1.86. The average molecular weight is 386 g/mol. The van der Waals surface area contributed by atoms with E-state index in [1.54, 1.807) is 24.3 Å². The molecule has 0 aliphatic rings. The molecular weight excluding hydrogens is 364 g/mol. The maximum absolute atomic E-state index is 12.5. The van der Waals surface area contributed by atoms with Gasteiger partial charge in [-0.1, -0.05) is 24.3 Å². The zero-order valence-electron chi connectivity index (χ0n) is 16.7. The van der Waals surface area contributed by atoms with Gasteiger partial charge in [-0.15, -0.1) is 0 Å². The summed E-state index contributed by atoms with van der Waals surface area (Å²) in [6.07, 6.45) is 0.884. The van der Waals surface area contributed by atoms with Gasteiger partial charge in [0.2, 0.25) is 5.91 Å². The van der Waals surface area contributed by atoms with Crippen molar-refractivity contribution in [3.8, 4) is 0 Å². The molecule has 0 atom stereocenters. The van der Waals surface area contributed by atoms with E-state index in [4.69, 9.17) is 4.98 Å². The highest BCUT2D eigenvalue weighted by atomic mass is 16.1. The highest BCUT2D eigenvalue weighted by molar-refractivity contribution is 5.97. The van der Waals surface area contributed by atoms with Gasteiger partial charge in [-0.2, -0.15) is 5.10 Å². The Balaban J connectivity index is 1.55. The van der Waals surface area contributed by atoms with Crippen molar-refractivity contribution >= 4 is 33.9 Å². The number of ketones is 1. The number of hydrogen-bond donors (Lipinski definition) is 1. The summed E-state index contributed by atoms with van der Waals surface area (Å²) in [6.45, 7) is 5.49. The van der Waals surface area contributed by atoms with Crippen molar-refractivity contribution < 1.29 is 9.59 Å². The molecule has 4 aromatic rings. The molecular formula is C23H22N4O2. The maximum Gasteiger partial charge on any atom is 0.224 e. The summed E-state index contributed by atoms with van der Waals surface area (Å²) >= 11 is 0. The number of benzene rings is 2. The molecule has 1 N–H and O–H groups in total. The van der Waals surface area contributed by atoms with E-state index in [9.17, 15) is 9.59 Å². The smallest absolute Gasteiger partial charge is 0.224 e. The molecule has 0 saturated carbocycles. The molecule has 0 radical (unpaired) electrons. The Morgan fingerprint density at radius 1 is 1.07 bits per heavy atom. The van der Waals surface area contributed by atoms with Gasteiger partial charge in [0.15, 0.2) is 11.4 Å². The molecule has 0 aliphatic carbocycles. The van der Waals surface area contributed by atoms with Crippen LogP contribution in [0.4, 0.5) is 5.69 Å². The Kier molecular flexibility index (Phi) is 4.84. The highest BCUT2D eigenvalue weighted by Gasteiger charge is 2.15. The third kappa shape index (κ3) is 3.61. The molecule has 29 heavy (non-hydrogen) atoms. The number of aryl methyl sites for hydroxylation is 2. The molecule has 0 unspecified atom stereocenters. The Labute approximate surface area is 168 Å². The molecule has 0 fully saturated rings. The van der Waals surface area contributed by atoms with Gasteiger partial charge in [0, 0.05) is 34.4 Å². The fraction of sp³-hybridized carbons (Fsp3) is 0.217. The van der Waals surface area contributed by atoms with Crippen molar-refractivity contribution in [1.29, 1.82) is 0 Å². The van der Waals surface area contributed by atoms with E-state index in [0.717, 1.165) is 33.5 Å². The molecule has 6 nitrogen and oxygen atoms in total. The summed E-state index contributed by atoms with van der Waals surface area (Å²) in [7, 11) is 0. The molecule has 0 saturated heterocycles. The molecule has 146 valence electrons. The lowest BCUT2D eigenvalue weighted by molar-refractivity contribution is -0.116. The number of hydrogen-bond acceptors (Lipinski definition) is 4. The highest BCUT2D eigenvalue weighted by Crippen LogP contribution is 2.23. The van der Waals surface area contributed by atoms with Gasteiger partial charge in [-0.05, 0) is 57.0 Å². The molecule has 0 spiro atoms. The number of rotatable bonds is 5. The summed E-state index contributed by atoms with van der Waals surface area (Å²) in [5, 5.41) is 8.55. The Morgan fingerprint density at radius 2 is 1.86 bits per heavy atom. The number of nitrogens with zero attached hydrogens (tertiary/aromatic N) is 3. The lowest BCUT2D eigenvalue weighted by Crippen LogP contribution is -2.14. The first-order valence-electron chi connectivity index (χ1n) is 9.58. The summed E-state index contributed by atoms with van der Waals surface area (Å²) in [6, 6.07) is 14.9. The molecule has 0 bridgehead atoms. The topological polar surface area (TPSA) is 76.4 Å². The van der Waals surface area contributed by atoms with Crippen molar-refractivity contribution in [2.45, 2.75) is 33.6 Å². The van der Waals surface area contributed by atoms with Crippen LogP contribution in [-0.4, -0.2) is 26.3 Å². The summed E-state index contributed by atoms with van der Waals surface area (Å²) in [4.78, 5) is 28.7. The van der Waals surface area contributed by atoms with Gasteiger partial charge in [-0.25, -0.2) is 9.50 Å². The van der Waals surface area contributed by atoms with E-state index in [2.05, 4.69) is 10.4 Å². The largest absolute Gasteiger partial charge is 0.326 e. The van der Waals surface area contributed by atoms with E-state index in [0.29, 0.717) is 24.1 Å². The van der Waals surface area contributed by atoms with Gasteiger partial charge >= 0.3 is 0 Å². The van der Waals surface area contributed by atoms with Crippen LogP contribution in [0.15, 0.2) is 48.5 Å². The lowest BCUT2D eigenvalue weighted by Gasteiger charge is -2.11. The third-order valence-electron chi connectivity index (χ3n) is 5.17. The minimum atomic E-state index is -0.102. The van der Waals surface area contributed by atoms with Crippen LogP contribution >= 0.6 is 0 Å². The SMILES string of the molecule is CC(=O)c1cccc(NC(=O)CCc2c(C)nc3c4ccccc4nn3c2C)c1.